The first kappa shape index (κ1) is 18.1. The molecule has 0 aromatic heterocycles. The fourth-order valence-electron chi connectivity index (χ4n) is 1.39. The predicted octanol–water partition coefficient (Wildman–Crippen LogP) is 5.30. The summed E-state index contributed by atoms with van der Waals surface area (Å²) in [5, 5.41) is 0. The minimum atomic E-state index is -1.41. The Morgan fingerprint density at radius 3 is 2.16 bits per heavy atom. The molecule has 0 saturated heterocycles. The Hall–Kier alpha value is 1.01. The van der Waals surface area contributed by atoms with Crippen LogP contribution in [0.2, 0.25) is 0 Å². The third-order valence-electron chi connectivity index (χ3n) is 2.26. The summed E-state index contributed by atoms with van der Waals surface area (Å²) in [4.78, 5) is 2.95. The van der Waals surface area contributed by atoms with E-state index in [2.05, 4.69) is 12.6 Å². The fourth-order valence-corrected chi connectivity index (χ4v) is 2.92. The summed E-state index contributed by atoms with van der Waals surface area (Å²) in [5.74, 6) is 0. The Bertz CT molecular complexity index is 541. The number of hydrogen-bond donors (Lipinski definition) is 1. The molecule has 0 bridgehead atoms. The molecule has 0 N–H and O–H groups in total. The van der Waals surface area contributed by atoms with Crippen molar-refractivity contribution in [1.29, 1.82) is 0 Å². The van der Waals surface area contributed by atoms with Gasteiger partial charge in [-0.25, -0.2) is 0 Å². The number of halogens is 3. The van der Waals surface area contributed by atoms with Crippen LogP contribution in [0, 0.1) is 0 Å². The molecular weight excluding hydrogens is 350 g/mol. The van der Waals surface area contributed by atoms with Crippen molar-refractivity contribution in [2.75, 3.05) is 0 Å². The van der Waals surface area contributed by atoms with Gasteiger partial charge in [0.15, 0.2) is 0 Å². The van der Waals surface area contributed by atoms with E-state index in [0.29, 0.717) is 5.56 Å². The van der Waals surface area contributed by atoms with Crippen molar-refractivity contribution >= 4 is 88.8 Å². The van der Waals surface area contributed by atoms with Crippen LogP contribution in [0.15, 0.2) is 63.2 Å². The van der Waals surface area contributed by atoms with Crippen molar-refractivity contribution in [2.45, 2.75) is 18.5 Å². The van der Waals surface area contributed by atoms with E-state index in [9.17, 15) is 0 Å². The molecule has 0 aliphatic rings. The first-order valence-corrected chi connectivity index (χ1v) is 7.50. The van der Waals surface area contributed by atoms with E-state index in [0.717, 1.165) is 14.7 Å². The maximum atomic E-state index is 5.88. The van der Waals surface area contributed by atoms with E-state index < -0.39 is 3.79 Å². The molecule has 0 fully saturated rings. The van der Waals surface area contributed by atoms with Crippen LogP contribution < -0.4 is 0 Å². The Kier molecular flexibility index (Phi) is 7.47. The van der Waals surface area contributed by atoms with Crippen molar-refractivity contribution in [3.63, 3.8) is 0 Å². The molecule has 0 atom stereocenters. The number of benzene rings is 2. The normalized spacial score (nSPS) is 10.9. The second kappa shape index (κ2) is 7.86. The zero-order valence-corrected chi connectivity index (χ0v) is 13.1. The first-order chi connectivity index (χ1) is 8.47. The average molecular weight is 360 g/mol. The van der Waals surface area contributed by atoms with Crippen LogP contribution in [-0.4, -0.2) is 29.6 Å². The molecule has 0 spiro atoms. The third kappa shape index (κ3) is 5.37. The second-order valence-electron chi connectivity index (χ2n) is 3.60. The van der Waals surface area contributed by atoms with Gasteiger partial charge in [0.2, 0.25) is 3.79 Å². The SMILES string of the molecule is Sc1ccc(C(Cl)(Cl)Cl)cc1Sc1ccccc1.[NaH]. The van der Waals surface area contributed by atoms with Crippen molar-refractivity contribution < 1.29 is 0 Å². The van der Waals surface area contributed by atoms with Gasteiger partial charge in [0, 0.05) is 20.2 Å². The summed E-state index contributed by atoms with van der Waals surface area (Å²) in [6.45, 7) is 0. The summed E-state index contributed by atoms with van der Waals surface area (Å²) >= 11 is 23.7. The summed E-state index contributed by atoms with van der Waals surface area (Å²) in [6.07, 6.45) is 0. The quantitative estimate of drug-likeness (QED) is 0.431. The summed E-state index contributed by atoms with van der Waals surface area (Å²) in [5.41, 5.74) is 0.642. The zero-order valence-electron chi connectivity index (χ0n) is 9.11. The summed E-state index contributed by atoms with van der Waals surface area (Å²) < 4.78 is -1.41. The number of rotatable bonds is 2. The van der Waals surface area contributed by atoms with Crippen LogP contribution >= 0.6 is 59.2 Å². The van der Waals surface area contributed by atoms with Crippen LogP contribution in [0.5, 0.6) is 0 Å². The number of hydrogen-bond acceptors (Lipinski definition) is 2. The predicted molar refractivity (Wildman–Crippen MR) is 90.6 cm³/mol. The molecule has 96 valence electrons. The molecule has 2 aromatic rings. The standard InChI is InChI=1S/C13H9Cl3S2.Na.H/c14-13(15,16)9-6-7-11(17)12(8-9)18-10-4-2-1-3-5-10;;/h1-8,17H;;. The molecule has 2 aromatic carbocycles. The van der Waals surface area contributed by atoms with E-state index in [-0.39, 0.29) is 29.6 Å². The van der Waals surface area contributed by atoms with Gasteiger partial charge in [-0.05, 0) is 24.3 Å². The van der Waals surface area contributed by atoms with Gasteiger partial charge < -0.3 is 0 Å². The molecule has 19 heavy (non-hydrogen) atoms. The van der Waals surface area contributed by atoms with Gasteiger partial charge in [0.25, 0.3) is 0 Å². The Balaban J connectivity index is 0.00000180. The van der Waals surface area contributed by atoms with Crippen LogP contribution in [0.25, 0.3) is 0 Å². The van der Waals surface area contributed by atoms with Gasteiger partial charge in [0.05, 0.1) is 0 Å². The van der Waals surface area contributed by atoms with E-state index in [4.69, 9.17) is 34.8 Å². The van der Waals surface area contributed by atoms with Gasteiger partial charge in [-0.15, -0.1) is 12.6 Å². The van der Waals surface area contributed by atoms with Crippen LogP contribution in [0.3, 0.4) is 0 Å². The minimum absolute atomic E-state index is 0. The molecule has 0 nitrogen and oxygen atoms in total. The number of thiol groups is 1. The third-order valence-corrected chi connectivity index (χ3v) is 4.52. The van der Waals surface area contributed by atoms with E-state index in [1.165, 1.54) is 0 Å². The Morgan fingerprint density at radius 1 is 0.947 bits per heavy atom. The van der Waals surface area contributed by atoms with Gasteiger partial charge in [0.1, 0.15) is 0 Å². The van der Waals surface area contributed by atoms with E-state index in [1.807, 2.05) is 42.5 Å². The van der Waals surface area contributed by atoms with Gasteiger partial charge in [-0.3, -0.25) is 0 Å². The summed E-state index contributed by atoms with van der Waals surface area (Å²) in [6, 6.07) is 15.5. The summed E-state index contributed by atoms with van der Waals surface area (Å²) in [7, 11) is 0. The molecule has 2 rings (SSSR count). The molecule has 0 aliphatic carbocycles. The average Bonchev–Trinajstić information content (AvgIpc) is 2.32. The molecule has 6 heteroatoms. The van der Waals surface area contributed by atoms with Crippen molar-refractivity contribution in [2.24, 2.45) is 0 Å². The molecule has 0 heterocycles. The van der Waals surface area contributed by atoms with Crippen molar-refractivity contribution in [3.05, 3.63) is 54.1 Å². The topological polar surface area (TPSA) is 0 Å². The first-order valence-electron chi connectivity index (χ1n) is 5.10. The molecule has 0 amide bonds. The monoisotopic (exact) mass is 358 g/mol. The Morgan fingerprint density at radius 2 is 1.58 bits per heavy atom. The van der Waals surface area contributed by atoms with Crippen LogP contribution in [0.1, 0.15) is 5.56 Å². The van der Waals surface area contributed by atoms with Gasteiger partial charge in [-0.1, -0.05) is 70.8 Å². The van der Waals surface area contributed by atoms with Crippen LogP contribution in [0.4, 0.5) is 0 Å². The van der Waals surface area contributed by atoms with Crippen LogP contribution in [-0.2, 0) is 3.79 Å². The zero-order chi connectivity index (χ0) is 13.2. The molecule has 0 aliphatic heterocycles. The second-order valence-corrected chi connectivity index (χ2v) is 7.47. The van der Waals surface area contributed by atoms with E-state index in [1.54, 1.807) is 17.8 Å². The molecule has 0 saturated carbocycles. The van der Waals surface area contributed by atoms with Gasteiger partial charge >= 0.3 is 29.6 Å². The van der Waals surface area contributed by atoms with E-state index >= 15 is 0 Å². The molecule has 0 unspecified atom stereocenters. The fraction of sp³-hybridized carbons (Fsp3) is 0.0769. The van der Waals surface area contributed by atoms with Crippen molar-refractivity contribution in [3.8, 4) is 0 Å². The Labute approximate surface area is 159 Å². The number of alkyl halides is 3. The van der Waals surface area contributed by atoms with Crippen molar-refractivity contribution in [1.82, 2.24) is 0 Å². The molecular formula is C13H10Cl3NaS2. The van der Waals surface area contributed by atoms with Gasteiger partial charge in [-0.2, -0.15) is 0 Å². The molecule has 0 radical (unpaired) electrons. The maximum absolute atomic E-state index is 5.88.